The average molecular weight is 391 g/mol. The van der Waals surface area contributed by atoms with Crippen LogP contribution in [0.2, 0.25) is 0 Å². The molecule has 0 aromatic carbocycles. The lowest BCUT2D eigenvalue weighted by molar-refractivity contribution is 0.0114. The Bertz CT molecular complexity index is 1030. The number of ether oxygens (including phenoxy) is 1. The quantitative estimate of drug-likeness (QED) is 0.713. The third-order valence-corrected chi connectivity index (χ3v) is 6.62. The molecule has 0 saturated carbocycles. The number of aryl methyl sites for hydroxylation is 2. The fraction of sp³-hybridized carbons (Fsp3) is 0.524. The van der Waals surface area contributed by atoms with Gasteiger partial charge >= 0.3 is 0 Å². The van der Waals surface area contributed by atoms with Gasteiger partial charge in [0.2, 0.25) is 5.95 Å². The number of piperidine rings is 1. The number of anilines is 1. The number of aromatic nitrogens is 5. The first-order valence-corrected chi connectivity index (χ1v) is 10.6. The number of morpholine rings is 1. The Morgan fingerprint density at radius 3 is 2.69 bits per heavy atom. The lowest BCUT2D eigenvalue weighted by Crippen LogP contribution is -2.49. The first-order valence-electron chi connectivity index (χ1n) is 10.6. The van der Waals surface area contributed by atoms with Crippen LogP contribution in [0.25, 0.3) is 22.2 Å². The predicted molar refractivity (Wildman–Crippen MR) is 110 cm³/mol. The van der Waals surface area contributed by atoms with Crippen LogP contribution in [0, 0.1) is 0 Å². The second-order valence-electron chi connectivity index (χ2n) is 8.19. The highest BCUT2D eigenvalue weighted by molar-refractivity contribution is 5.95. The van der Waals surface area contributed by atoms with Crippen molar-refractivity contribution in [3.63, 3.8) is 0 Å². The summed E-state index contributed by atoms with van der Waals surface area (Å²) in [6.45, 7) is 5.91. The molecule has 8 nitrogen and oxygen atoms in total. The van der Waals surface area contributed by atoms with Crippen LogP contribution in [0.3, 0.4) is 0 Å². The first-order chi connectivity index (χ1) is 14.4. The van der Waals surface area contributed by atoms with Crippen molar-refractivity contribution in [2.24, 2.45) is 0 Å². The maximum absolute atomic E-state index is 5.50. The van der Waals surface area contributed by atoms with Crippen molar-refractivity contribution in [2.75, 3.05) is 44.3 Å². The molecule has 2 saturated heterocycles. The molecule has 6 rings (SSSR count). The van der Waals surface area contributed by atoms with Gasteiger partial charge in [-0.2, -0.15) is 5.10 Å². The van der Waals surface area contributed by atoms with E-state index < -0.39 is 0 Å². The summed E-state index contributed by atoms with van der Waals surface area (Å²) < 4.78 is 5.50. The molecule has 5 heterocycles. The minimum absolute atomic E-state index is 0.668. The predicted octanol–water partition coefficient (Wildman–Crippen LogP) is 1.81. The highest BCUT2D eigenvalue weighted by Gasteiger charge is 2.28. The van der Waals surface area contributed by atoms with Crippen molar-refractivity contribution >= 4 is 17.0 Å². The summed E-state index contributed by atoms with van der Waals surface area (Å²) in [5.41, 5.74) is 5.56. The first kappa shape index (κ1) is 17.3. The van der Waals surface area contributed by atoms with Crippen LogP contribution in [0.5, 0.6) is 0 Å². The summed E-state index contributed by atoms with van der Waals surface area (Å²) in [4.78, 5) is 19.2. The number of hydrogen-bond donors (Lipinski definition) is 1. The van der Waals surface area contributed by atoms with Gasteiger partial charge in [-0.3, -0.25) is 10.00 Å². The molecule has 8 heteroatoms. The van der Waals surface area contributed by atoms with Gasteiger partial charge in [-0.1, -0.05) is 0 Å². The molecule has 1 aliphatic carbocycles. The van der Waals surface area contributed by atoms with E-state index in [1.807, 2.05) is 18.6 Å². The molecule has 150 valence electrons. The van der Waals surface area contributed by atoms with E-state index in [2.05, 4.69) is 25.0 Å². The molecule has 0 unspecified atom stereocenters. The van der Waals surface area contributed by atoms with Crippen molar-refractivity contribution in [3.8, 4) is 11.1 Å². The van der Waals surface area contributed by atoms with Gasteiger partial charge < -0.3 is 9.64 Å². The lowest BCUT2D eigenvalue weighted by Gasteiger charge is -2.40. The summed E-state index contributed by atoms with van der Waals surface area (Å²) in [6, 6.07) is 0.668. The Hall–Kier alpha value is -2.58. The number of fused-ring (bicyclic) bond motifs is 5. The number of nitrogens with one attached hydrogen (secondary N) is 1. The van der Waals surface area contributed by atoms with Gasteiger partial charge in [-0.25, -0.2) is 15.0 Å². The number of hydrogen-bond acceptors (Lipinski definition) is 7. The van der Waals surface area contributed by atoms with Gasteiger partial charge in [0, 0.05) is 61.1 Å². The molecule has 2 fully saturated rings. The summed E-state index contributed by atoms with van der Waals surface area (Å²) in [7, 11) is 0. The molecule has 0 radical (unpaired) electrons. The summed E-state index contributed by atoms with van der Waals surface area (Å²) >= 11 is 0. The maximum atomic E-state index is 5.50. The molecule has 0 amide bonds. The van der Waals surface area contributed by atoms with Crippen LogP contribution >= 0.6 is 0 Å². The zero-order valence-corrected chi connectivity index (χ0v) is 16.5. The van der Waals surface area contributed by atoms with E-state index >= 15 is 0 Å². The third kappa shape index (κ3) is 2.98. The molecule has 3 aromatic heterocycles. The normalized spacial score (nSPS) is 20.6. The molecule has 3 aromatic rings. The highest BCUT2D eigenvalue weighted by atomic mass is 16.5. The zero-order valence-electron chi connectivity index (χ0n) is 16.5. The number of nitrogens with zero attached hydrogens (tertiary/aromatic N) is 6. The minimum Gasteiger partial charge on any atom is -0.379 e. The van der Waals surface area contributed by atoms with Crippen LogP contribution in [0.15, 0.2) is 18.6 Å². The van der Waals surface area contributed by atoms with E-state index in [1.165, 1.54) is 24.0 Å². The van der Waals surface area contributed by atoms with E-state index in [1.54, 1.807) is 0 Å². The Labute approximate surface area is 169 Å². The second-order valence-corrected chi connectivity index (χ2v) is 8.19. The monoisotopic (exact) mass is 391 g/mol. The number of rotatable bonds is 2. The molecule has 2 aliphatic heterocycles. The van der Waals surface area contributed by atoms with Crippen molar-refractivity contribution in [1.29, 1.82) is 0 Å². The molecule has 3 aliphatic rings. The van der Waals surface area contributed by atoms with Crippen molar-refractivity contribution in [2.45, 2.75) is 31.7 Å². The summed E-state index contributed by atoms with van der Waals surface area (Å²) in [6.07, 6.45) is 10.1. The van der Waals surface area contributed by atoms with Crippen LogP contribution in [-0.2, 0) is 17.6 Å². The molecular formula is C21H25N7O. The Morgan fingerprint density at radius 1 is 0.966 bits per heavy atom. The second kappa shape index (κ2) is 7.03. The smallest absolute Gasteiger partial charge is 0.225 e. The fourth-order valence-corrected chi connectivity index (χ4v) is 5.03. The lowest BCUT2D eigenvalue weighted by atomic mass is 9.89. The van der Waals surface area contributed by atoms with Gasteiger partial charge in [0.25, 0.3) is 0 Å². The number of H-pyrrole nitrogens is 1. The molecule has 29 heavy (non-hydrogen) atoms. The number of aromatic amines is 1. The topological polar surface area (TPSA) is 83.1 Å². The maximum Gasteiger partial charge on any atom is 0.225 e. The van der Waals surface area contributed by atoms with Gasteiger partial charge in [0.05, 0.1) is 25.1 Å². The molecule has 0 atom stereocenters. The van der Waals surface area contributed by atoms with E-state index in [-0.39, 0.29) is 0 Å². The van der Waals surface area contributed by atoms with Gasteiger partial charge in [0.15, 0.2) is 5.65 Å². The van der Waals surface area contributed by atoms with E-state index in [0.717, 1.165) is 80.5 Å². The van der Waals surface area contributed by atoms with Crippen molar-refractivity contribution in [1.82, 2.24) is 30.0 Å². The average Bonchev–Trinajstić information content (AvgIpc) is 3.28. The molecule has 1 N–H and O–H groups in total. The van der Waals surface area contributed by atoms with Gasteiger partial charge in [-0.15, -0.1) is 0 Å². The molecular weight excluding hydrogens is 366 g/mol. The van der Waals surface area contributed by atoms with Crippen LogP contribution in [-0.4, -0.2) is 75.5 Å². The van der Waals surface area contributed by atoms with Crippen molar-refractivity contribution in [3.05, 3.63) is 29.8 Å². The van der Waals surface area contributed by atoms with E-state index in [9.17, 15) is 0 Å². The standard InChI is InChI=1S/C21H25N7O/c1-2-18-16(19-14(1)11-22-20-17(19)13-24-26-20)12-23-21(25-18)28-5-3-15(4-6-28)27-7-9-29-10-8-27/h11-13,15H,1-10H2,(H,22,24,26). The highest BCUT2D eigenvalue weighted by Crippen LogP contribution is 2.37. The minimum atomic E-state index is 0.668. The Balaban J connectivity index is 1.24. The van der Waals surface area contributed by atoms with Crippen molar-refractivity contribution < 1.29 is 4.74 Å². The largest absolute Gasteiger partial charge is 0.379 e. The third-order valence-electron chi connectivity index (χ3n) is 6.62. The van der Waals surface area contributed by atoms with Gasteiger partial charge in [0.1, 0.15) is 0 Å². The SMILES string of the molecule is c1nc2[nH]ncc2c2c1CCc1nc(N3CCC(N4CCOCC4)CC3)ncc1-2. The summed E-state index contributed by atoms with van der Waals surface area (Å²) in [5, 5.41) is 8.20. The molecule has 0 bridgehead atoms. The van der Waals surface area contributed by atoms with Crippen LogP contribution in [0.1, 0.15) is 24.1 Å². The molecule has 0 spiro atoms. The Kier molecular flexibility index (Phi) is 4.19. The zero-order chi connectivity index (χ0) is 19.2. The Morgan fingerprint density at radius 2 is 1.83 bits per heavy atom. The van der Waals surface area contributed by atoms with E-state index in [4.69, 9.17) is 14.7 Å². The van der Waals surface area contributed by atoms with Gasteiger partial charge in [-0.05, 0) is 31.2 Å². The summed E-state index contributed by atoms with van der Waals surface area (Å²) in [5.74, 6) is 0.880. The van der Waals surface area contributed by atoms with Crippen LogP contribution < -0.4 is 4.90 Å². The fourth-order valence-electron chi connectivity index (χ4n) is 5.03. The van der Waals surface area contributed by atoms with Crippen LogP contribution in [0.4, 0.5) is 5.95 Å². The van der Waals surface area contributed by atoms with E-state index in [0.29, 0.717) is 6.04 Å². The number of pyridine rings is 1.